The summed E-state index contributed by atoms with van der Waals surface area (Å²) < 4.78 is 18.1. The molecule has 0 spiro atoms. The number of aromatic nitrogens is 4. The molecule has 0 N–H and O–H groups in total. The van der Waals surface area contributed by atoms with Crippen molar-refractivity contribution in [3.63, 3.8) is 0 Å². The third-order valence-electron chi connectivity index (χ3n) is 4.84. The fourth-order valence-electron chi connectivity index (χ4n) is 3.28. The van der Waals surface area contributed by atoms with Gasteiger partial charge in [0.25, 0.3) is 10.4 Å². The number of rotatable bonds is 5. The summed E-state index contributed by atoms with van der Waals surface area (Å²) in [5.41, 5.74) is 1.56. The van der Waals surface area contributed by atoms with Crippen molar-refractivity contribution < 1.29 is 13.9 Å². The predicted octanol–water partition coefficient (Wildman–Crippen LogP) is 5.08. The number of para-hydroxylation sites is 1. The van der Waals surface area contributed by atoms with Crippen LogP contribution >= 0.6 is 23.6 Å². The number of nitrogens with zero attached hydrogens (tertiary/aromatic N) is 4. The topological polar surface area (TPSA) is 92.3 Å². The van der Waals surface area contributed by atoms with Gasteiger partial charge in [-0.1, -0.05) is 36.5 Å². The molecule has 0 atom stereocenters. The molecule has 10 heteroatoms. The highest BCUT2D eigenvalue weighted by atomic mass is 32.1. The molecule has 0 saturated heterocycles. The Morgan fingerprint density at radius 2 is 1.97 bits per heavy atom. The van der Waals surface area contributed by atoms with Crippen molar-refractivity contribution in [3.8, 4) is 22.5 Å². The largest absolute Gasteiger partial charge is 0.493 e. The van der Waals surface area contributed by atoms with Gasteiger partial charge in [0.15, 0.2) is 11.3 Å². The van der Waals surface area contributed by atoms with Gasteiger partial charge in [-0.05, 0) is 36.3 Å². The standard InChI is InChI=1S/C22H16N4O4S2/c1-3-12-6-4-5-7-14(12)29-16-9-8-13-19(25-16)32-21(24-13)26-20(27)17-18(30-22(26)31)15(28-2)10-11-23-17/h4-11H,3H2,1-2H3. The summed E-state index contributed by atoms with van der Waals surface area (Å²) in [6.07, 6.45) is 2.32. The molecule has 0 aliphatic carbocycles. The van der Waals surface area contributed by atoms with Gasteiger partial charge in [-0.2, -0.15) is 0 Å². The maximum absolute atomic E-state index is 13.1. The number of thiazole rings is 1. The number of methoxy groups -OCH3 is 1. The Hall–Kier alpha value is -3.63. The molecular weight excluding hydrogens is 448 g/mol. The normalized spacial score (nSPS) is 11.2. The minimum Gasteiger partial charge on any atom is -0.493 e. The van der Waals surface area contributed by atoms with Gasteiger partial charge in [0.1, 0.15) is 16.1 Å². The van der Waals surface area contributed by atoms with Crippen molar-refractivity contribution in [1.29, 1.82) is 0 Å². The Morgan fingerprint density at radius 1 is 1.12 bits per heavy atom. The van der Waals surface area contributed by atoms with Gasteiger partial charge in [-0.15, -0.1) is 0 Å². The zero-order valence-electron chi connectivity index (χ0n) is 17.1. The summed E-state index contributed by atoms with van der Waals surface area (Å²) in [5, 5.41) is 0.337. The van der Waals surface area contributed by atoms with Crippen LogP contribution in [0.25, 0.3) is 26.6 Å². The van der Waals surface area contributed by atoms with Crippen molar-refractivity contribution in [2.75, 3.05) is 7.11 Å². The average molecular weight is 465 g/mol. The first-order chi connectivity index (χ1) is 15.6. The zero-order valence-corrected chi connectivity index (χ0v) is 18.7. The molecule has 5 aromatic rings. The third kappa shape index (κ3) is 3.43. The van der Waals surface area contributed by atoms with E-state index in [1.54, 1.807) is 18.2 Å². The van der Waals surface area contributed by atoms with Crippen LogP contribution in [0.2, 0.25) is 0 Å². The highest BCUT2D eigenvalue weighted by Crippen LogP contribution is 2.30. The number of ether oxygens (including phenoxy) is 2. The first-order valence-electron chi connectivity index (χ1n) is 9.71. The van der Waals surface area contributed by atoms with E-state index in [0.29, 0.717) is 27.1 Å². The quantitative estimate of drug-likeness (QED) is 0.333. The SMILES string of the molecule is CCc1ccccc1Oc1ccc2nc(-n3c(=S)oc4c(OC)ccnc4c3=O)sc2n1. The van der Waals surface area contributed by atoms with Gasteiger partial charge < -0.3 is 13.9 Å². The summed E-state index contributed by atoms with van der Waals surface area (Å²) in [7, 11) is 1.48. The molecule has 0 radical (unpaired) electrons. The maximum atomic E-state index is 13.1. The summed E-state index contributed by atoms with van der Waals surface area (Å²) in [6.45, 7) is 2.07. The molecule has 5 rings (SSSR count). The van der Waals surface area contributed by atoms with E-state index in [1.807, 2.05) is 24.3 Å². The van der Waals surface area contributed by atoms with Crippen molar-refractivity contribution >= 4 is 45.0 Å². The Kier molecular flexibility index (Phi) is 5.16. The second-order valence-electron chi connectivity index (χ2n) is 6.73. The van der Waals surface area contributed by atoms with E-state index in [-0.39, 0.29) is 15.9 Å². The van der Waals surface area contributed by atoms with Crippen LogP contribution in [0.5, 0.6) is 17.4 Å². The highest BCUT2D eigenvalue weighted by molar-refractivity contribution is 7.71. The van der Waals surface area contributed by atoms with Crippen LogP contribution in [-0.2, 0) is 6.42 Å². The molecule has 0 aliphatic heterocycles. The van der Waals surface area contributed by atoms with Gasteiger partial charge >= 0.3 is 0 Å². The van der Waals surface area contributed by atoms with Gasteiger partial charge in [-0.3, -0.25) is 4.79 Å². The van der Waals surface area contributed by atoms with Crippen molar-refractivity contribution in [2.24, 2.45) is 0 Å². The smallest absolute Gasteiger partial charge is 0.290 e. The number of fused-ring (bicyclic) bond motifs is 2. The van der Waals surface area contributed by atoms with E-state index in [9.17, 15) is 4.79 Å². The molecular formula is C22H16N4O4S2. The lowest BCUT2D eigenvalue weighted by atomic mass is 10.1. The van der Waals surface area contributed by atoms with Crippen LogP contribution in [0.15, 0.2) is 57.9 Å². The van der Waals surface area contributed by atoms with Crippen LogP contribution in [0.1, 0.15) is 12.5 Å². The maximum Gasteiger partial charge on any atom is 0.290 e. The van der Waals surface area contributed by atoms with Crippen molar-refractivity contribution in [1.82, 2.24) is 19.5 Å². The minimum atomic E-state index is -0.442. The average Bonchev–Trinajstić information content (AvgIpc) is 3.22. The molecule has 8 nitrogen and oxygen atoms in total. The summed E-state index contributed by atoms with van der Waals surface area (Å²) in [5.74, 6) is 1.57. The summed E-state index contributed by atoms with van der Waals surface area (Å²) >= 11 is 6.54. The zero-order chi connectivity index (χ0) is 22.2. The van der Waals surface area contributed by atoms with Gasteiger partial charge in [-0.25, -0.2) is 19.5 Å². The second kappa shape index (κ2) is 8.13. The molecule has 1 aromatic carbocycles. The fraction of sp³-hybridized carbons (Fsp3) is 0.136. The van der Waals surface area contributed by atoms with E-state index in [4.69, 9.17) is 26.1 Å². The number of benzene rings is 1. The number of hydrogen-bond donors (Lipinski definition) is 0. The molecule has 0 fully saturated rings. The predicted molar refractivity (Wildman–Crippen MR) is 124 cm³/mol. The van der Waals surface area contributed by atoms with Gasteiger partial charge in [0, 0.05) is 18.3 Å². The van der Waals surface area contributed by atoms with E-state index in [0.717, 1.165) is 17.7 Å². The third-order valence-corrected chi connectivity index (χ3v) is 6.06. The fourth-order valence-corrected chi connectivity index (χ4v) is 4.52. The van der Waals surface area contributed by atoms with Crippen LogP contribution in [0.4, 0.5) is 0 Å². The molecule has 32 heavy (non-hydrogen) atoms. The summed E-state index contributed by atoms with van der Waals surface area (Å²) in [6, 6.07) is 12.9. The van der Waals surface area contributed by atoms with Crippen LogP contribution < -0.4 is 15.0 Å². The van der Waals surface area contributed by atoms with Gasteiger partial charge in [0.2, 0.25) is 16.6 Å². The molecule has 0 amide bonds. The molecule has 4 heterocycles. The van der Waals surface area contributed by atoms with Gasteiger partial charge in [0.05, 0.1) is 7.11 Å². The molecule has 0 unspecified atom stereocenters. The summed E-state index contributed by atoms with van der Waals surface area (Å²) in [4.78, 5) is 26.9. The molecule has 160 valence electrons. The first-order valence-corrected chi connectivity index (χ1v) is 10.9. The highest BCUT2D eigenvalue weighted by Gasteiger charge is 2.17. The molecule has 0 bridgehead atoms. The Bertz CT molecular complexity index is 1590. The Balaban J connectivity index is 1.60. The number of hydrogen-bond acceptors (Lipinski definition) is 9. The van der Waals surface area contributed by atoms with E-state index in [1.165, 1.54) is 29.2 Å². The number of pyridine rings is 2. The monoisotopic (exact) mass is 464 g/mol. The Morgan fingerprint density at radius 3 is 2.78 bits per heavy atom. The van der Waals surface area contributed by atoms with Crippen molar-refractivity contribution in [2.45, 2.75) is 13.3 Å². The molecule has 4 aromatic heterocycles. The van der Waals surface area contributed by atoms with Crippen LogP contribution in [0.3, 0.4) is 0 Å². The first kappa shape index (κ1) is 20.3. The van der Waals surface area contributed by atoms with Crippen LogP contribution in [-0.4, -0.2) is 26.6 Å². The molecule has 0 aliphatic rings. The lowest BCUT2D eigenvalue weighted by molar-refractivity contribution is 0.404. The lowest BCUT2D eigenvalue weighted by Gasteiger charge is -2.08. The van der Waals surface area contributed by atoms with Crippen LogP contribution in [0, 0.1) is 4.84 Å². The van der Waals surface area contributed by atoms with E-state index >= 15 is 0 Å². The van der Waals surface area contributed by atoms with E-state index < -0.39 is 5.56 Å². The van der Waals surface area contributed by atoms with E-state index in [2.05, 4.69) is 21.9 Å². The van der Waals surface area contributed by atoms with Crippen molar-refractivity contribution in [3.05, 3.63) is 69.4 Å². The number of aryl methyl sites for hydroxylation is 1. The minimum absolute atomic E-state index is 0.0544. The second-order valence-corrected chi connectivity index (χ2v) is 8.04. The Labute approximate surface area is 190 Å². The molecule has 0 saturated carbocycles. The lowest BCUT2D eigenvalue weighted by Crippen LogP contribution is -2.20.